The summed E-state index contributed by atoms with van der Waals surface area (Å²) in [5, 5.41) is 16.4. The standard InChI is InChI=1S/C18H27N7O/c1-11-20-23-18(25(11)7-12-3-4-12)24-8-14(13-5-6-13)15(9-24)17-19-16(10-26-2)21-22-17/h12-15H,3-10H2,1-2H3,(H,19,21,22)/t14-,15+/m1/s1. The molecule has 0 amide bonds. The van der Waals surface area contributed by atoms with Gasteiger partial charge in [-0.3, -0.25) is 9.67 Å². The van der Waals surface area contributed by atoms with E-state index in [4.69, 9.17) is 9.72 Å². The Kier molecular flexibility index (Phi) is 3.95. The molecule has 3 fully saturated rings. The largest absolute Gasteiger partial charge is 0.377 e. The van der Waals surface area contributed by atoms with Gasteiger partial charge in [-0.2, -0.15) is 5.10 Å². The molecular weight excluding hydrogens is 330 g/mol. The summed E-state index contributed by atoms with van der Waals surface area (Å²) in [6, 6.07) is 0. The number of hydrogen-bond acceptors (Lipinski definition) is 6. The van der Waals surface area contributed by atoms with Crippen LogP contribution in [0.4, 0.5) is 5.95 Å². The highest BCUT2D eigenvalue weighted by Gasteiger charge is 2.45. The van der Waals surface area contributed by atoms with Crippen molar-refractivity contribution in [2.45, 2.75) is 51.7 Å². The van der Waals surface area contributed by atoms with E-state index < -0.39 is 0 Å². The first-order valence-corrected chi connectivity index (χ1v) is 9.77. The molecule has 1 saturated heterocycles. The van der Waals surface area contributed by atoms with Gasteiger partial charge in [0, 0.05) is 32.7 Å². The van der Waals surface area contributed by atoms with E-state index in [1.165, 1.54) is 25.7 Å². The molecule has 3 heterocycles. The lowest BCUT2D eigenvalue weighted by atomic mass is 9.91. The van der Waals surface area contributed by atoms with Gasteiger partial charge in [0.05, 0.1) is 0 Å². The maximum atomic E-state index is 5.18. The van der Waals surface area contributed by atoms with Crippen LogP contribution < -0.4 is 4.90 Å². The normalized spacial score (nSPS) is 26.0. The number of anilines is 1. The minimum atomic E-state index is 0.357. The predicted octanol–water partition coefficient (Wildman–Crippen LogP) is 1.89. The third kappa shape index (κ3) is 3.00. The van der Waals surface area contributed by atoms with E-state index in [9.17, 15) is 0 Å². The molecule has 2 aliphatic carbocycles. The SMILES string of the molecule is COCc1nc([C@H]2CN(c3nnc(C)n3CC3CC3)C[C@@H]2C2CC2)n[nH]1. The van der Waals surface area contributed by atoms with E-state index in [0.29, 0.717) is 18.4 Å². The Morgan fingerprint density at radius 1 is 1.15 bits per heavy atom. The molecule has 5 rings (SSSR count). The zero-order valence-electron chi connectivity index (χ0n) is 15.6. The molecule has 0 aromatic carbocycles. The average molecular weight is 357 g/mol. The molecule has 2 aromatic heterocycles. The van der Waals surface area contributed by atoms with Gasteiger partial charge in [-0.15, -0.1) is 10.2 Å². The second-order valence-corrected chi connectivity index (χ2v) is 8.19. The van der Waals surface area contributed by atoms with Crippen molar-refractivity contribution in [2.75, 3.05) is 25.1 Å². The topological polar surface area (TPSA) is 84.8 Å². The molecule has 0 unspecified atom stereocenters. The monoisotopic (exact) mass is 357 g/mol. The summed E-state index contributed by atoms with van der Waals surface area (Å²) >= 11 is 0. The van der Waals surface area contributed by atoms with Crippen LogP contribution in [0.5, 0.6) is 0 Å². The molecule has 2 aromatic rings. The number of nitrogens with zero attached hydrogens (tertiary/aromatic N) is 6. The number of aromatic amines is 1. The number of H-pyrrole nitrogens is 1. The number of aromatic nitrogens is 6. The second kappa shape index (κ2) is 6.33. The highest BCUT2D eigenvalue weighted by molar-refractivity contribution is 5.36. The first-order valence-electron chi connectivity index (χ1n) is 9.77. The van der Waals surface area contributed by atoms with Crippen LogP contribution in [-0.4, -0.2) is 50.1 Å². The molecule has 26 heavy (non-hydrogen) atoms. The van der Waals surface area contributed by atoms with Crippen molar-refractivity contribution in [3.8, 4) is 0 Å². The summed E-state index contributed by atoms with van der Waals surface area (Å²) in [6.07, 6.45) is 5.34. The summed E-state index contributed by atoms with van der Waals surface area (Å²) < 4.78 is 7.49. The molecule has 2 saturated carbocycles. The Hall–Kier alpha value is -1.96. The molecule has 140 valence electrons. The van der Waals surface area contributed by atoms with Gasteiger partial charge >= 0.3 is 0 Å². The van der Waals surface area contributed by atoms with E-state index in [-0.39, 0.29) is 0 Å². The van der Waals surface area contributed by atoms with Crippen LogP contribution in [0, 0.1) is 24.7 Å². The molecule has 0 radical (unpaired) electrons. The Balaban J connectivity index is 1.39. The highest BCUT2D eigenvalue weighted by Crippen LogP contribution is 2.47. The van der Waals surface area contributed by atoms with Crippen molar-refractivity contribution >= 4 is 5.95 Å². The van der Waals surface area contributed by atoms with E-state index in [1.54, 1.807) is 7.11 Å². The Bertz CT molecular complexity index is 776. The summed E-state index contributed by atoms with van der Waals surface area (Å²) in [7, 11) is 1.68. The number of ether oxygens (including phenoxy) is 1. The van der Waals surface area contributed by atoms with Gasteiger partial charge < -0.3 is 9.64 Å². The van der Waals surface area contributed by atoms with E-state index in [1.807, 2.05) is 0 Å². The zero-order chi connectivity index (χ0) is 17.7. The van der Waals surface area contributed by atoms with Crippen molar-refractivity contribution in [2.24, 2.45) is 17.8 Å². The minimum absolute atomic E-state index is 0.357. The third-order valence-electron chi connectivity index (χ3n) is 6.09. The van der Waals surface area contributed by atoms with Crippen LogP contribution in [0.1, 0.15) is 49.1 Å². The van der Waals surface area contributed by atoms with Crippen molar-refractivity contribution in [3.05, 3.63) is 17.5 Å². The lowest BCUT2D eigenvalue weighted by Gasteiger charge is -2.18. The fourth-order valence-electron chi connectivity index (χ4n) is 4.32. The first kappa shape index (κ1) is 16.2. The molecule has 2 atom stereocenters. The van der Waals surface area contributed by atoms with Crippen molar-refractivity contribution in [1.29, 1.82) is 0 Å². The van der Waals surface area contributed by atoms with Crippen LogP contribution in [0.25, 0.3) is 0 Å². The molecule has 8 heteroatoms. The molecule has 3 aliphatic rings. The van der Waals surface area contributed by atoms with Gasteiger partial charge in [0.15, 0.2) is 11.6 Å². The summed E-state index contributed by atoms with van der Waals surface area (Å²) in [6.45, 7) is 5.56. The average Bonchev–Trinajstić information content (AvgIpc) is 3.52. The molecule has 1 aliphatic heterocycles. The van der Waals surface area contributed by atoms with Gasteiger partial charge in [0.25, 0.3) is 0 Å². The van der Waals surface area contributed by atoms with Gasteiger partial charge in [0.2, 0.25) is 5.95 Å². The smallest absolute Gasteiger partial charge is 0.227 e. The third-order valence-corrected chi connectivity index (χ3v) is 6.09. The summed E-state index contributed by atoms with van der Waals surface area (Å²) in [5.74, 6) is 6.38. The molecule has 0 bridgehead atoms. The van der Waals surface area contributed by atoms with Crippen LogP contribution in [-0.2, 0) is 17.9 Å². The highest BCUT2D eigenvalue weighted by atomic mass is 16.5. The number of aryl methyl sites for hydroxylation is 1. The predicted molar refractivity (Wildman–Crippen MR) is 95.7 cm³/mol. The number of rotatable bonds is 7. The summed E-state index contributed by atoms with van der Waals surface area (Å²) in [4.78, 5) is 7.11. The fraction of sp³-hybridized carbons (Fsp3) is 0.778. The zero-order valence-corrected chi connectivity index (χ0v) is 15.6. The molecular formula is C18H27N7O. The van der Waals surface area contributed by atoms with Gasteiger partial charge in [-0.05, 0) is 50.4 Å². The Labute approximate surface area is 153 Å². The number of hydrogen-bond donors (Lipinski definition) is 1. The van der Waals surface area contributed by atoms with Gasteiger partial charge in [-0.1, -0.05) is 0 Å². The Morgan fingerprint density at radius 3 is 2.73 bits per heavy atom. The molecule has 0 spiro atoms. The maximum Gasteiger partial charge on any atom is 0.227 e. The molecule has 8 nitrogen and oxygen atoms in total. The fourth-order valence-corrected chi connectivity index (χ4v) is 4.32. The summed E-state index contributed by atoms with van der Waals surface area (Å²) in [5.41, 5.74) is 0. The maximum absolute atomic E-state index is 5.18. The number of methoxy groups -OCH3 is 1. The van der Waals surface area contributed by atoms with Crippen LogP contribution >= 0.6 is 0 Å². The van der Waals surface area contributed by atoms with Crippen LogP contribution in [0.15, 0.2) is 0 Å². The number of nitrogens with one attached hydrogen (secondary N) is 1. The molecule has 1 N–H and O–H groups in total. The minimum Gasteiger partial charge on any atom is -0.377 e. The van der Waals surface area contributed by atoms with Crippen LogP contribution in [0.3, 0.4) is 0 Å². The van der Waals surface area contributed by atoms with Crippen molar-refractivity contribution < 1.29 is 4.74 Å². The van der Waals surface area contributed by atoms with E-state index in [0.717, 1.165) is 54.9 Å². The first-order chi connectivity index (χ1) is 12.7. The van der Waals surface area contributed by atoms with Crippen molar-refractivity contribution in [3.63, 3.8) is 0 Å². The lowest BCUT2D eigenvalue weighted by molar-refractivity contribution is 0.178. The lowest BCUT2D eigenvalue weighted by Crippen LogP contribution is -2.25. The van der Waals surface area contributed by atoms with Crippen LogP contribution in [0.2, 0.25) is 0 Å². The van der Waals surface area contributed by atoms with E-state index in [2.05, 4.69) is 36.8 Å². The quantitative estimate of drug-likeness (QED) is 0.814. The Morgan fingerprint density at radius 2 is 2.00 bits per heavy atom. The van der Waals surface area contributed by atoms with Gasteiger partial charge in [-0.25, -0.2) is 4.98 Å². The second-order valence-electron chi connectivity index (χ2n) is 8.19. The van der Waals surface area contributed by atoms with Crippen molar-refractivity contribution in [1.82, 2.24) is 29.9 Å². The van der Waals surface area contributed by atoms with Gasteiger partial charge in [0.1, 0.15) is 12.4 Å². The van der Waals surface area contributed by atoms with E-state index >= 15 is 0 Å².